The molecule has 0 amide bonds. The highest BCUT2D eigenvalue weighted by atomic mass is 32.2. The fourth-order valence-corrected chi connectivity index (χ4v) is 4.05. The van der Waals surface area contributed by atoms with Crippen LogP contribution >= 0.6 is 22.7 Å². The molecule has 0 aliphatic rings. The minimum Gasteiger partial charge on any atom is -0.309 e. The summed E-state index contributed by atoms with van der Waals surface area (Å²) in [5, 5.41) is 7.85. The molecule has 104 valence electrons. The summed E-state index contributed by atoms with van der Waals surface area (Å²) in [6.45, 7) is 0.924. The third-order valence-corrected chi connectivity index (χ3v) is 5.62. The van der Waals surface area contributed by atoms with Crippen molar-refractivity contribution in [2.24, 2.45) is 0 Å². The SMILES string of the molecule is CS(=O)CCCNC(Cc1cccs1)c1cccs1. The third-order valence-electron chi connectivity index (χ3n) is 2.87. The van der Waals surface area contributed by atoms with Gasteiger partial charge in [-0.2, -0.15) is 0 Å². The summed E-state index contributed by atoms with van der Waals surface area (Å²) < 4.78 is 11.1. The van der Waals surface area contributed by atoms with Gasteiger partial charge in [0.2, 0.25) is 0 Å². The molecule has 0 aliphatic carbocycles. The lowest BCUT2D eigenvalue weighted by molar-refractivity contribution is 0.540. The Morgan fingerprint density at radius 2 is 2.05 bits per heavy atom. The van der Waals surface area contributed by atoms with Crippen molar-refractivity contribution in [3.63, 3.8) is 0 Å². The van der Waals surface area contributed by atoms with Gasteiger partial charge < -0.3 is 5.32 Å². The van der Waals surface area contributed by atoms with Crippen molar-refractivity contribution in [1.82, 2.24) is 5.32 Å². The van der Waals surface area contributed by atoms with Gasteiger partial charge in [0.1, 0.15) is 0 Å². The first-order valence-electron chi connectivity index (χ1n) is 6.35. The van der Waals surface area contributed by atoms with Crippen molar-refractivity contribution in [2.75, 3.05) is 18.6 Å². The molecule has 2 atom stereocenters. The molecule has 0 bridgehead atoms. The molecule has 2 heterocycles. The predicted molar refractivity (Wildman–Crippen MR) is 86.6 cm³/mol. The van der Waals surface area contributed by atoms with Gasteiger partial charge in [-0.1, -0.05) is 12.1 Å². The Morgan fingerprint density at radius 3 is 2.68 bits per heavy atom. The quantitative estimate of drug-likeness (QED) is 0.756. The Bertz CT molecular complexity index is 479. The van der Waals surface area contributed by atoms with Gasteiger partial charge in [0.25, 0.3) is 0 Å². The molecule has 0 fully saturated rings. The summed E-state index contributed by atoms with van der Waals surface area (Å²) in [4.78, 5) is 2.79. The van der Waals surface area contributed by atoms with Gasteiger partial charge in [-0.05, 0) is 35.9 Å². The molecule has 0 saturated heterocycles. The van der Waals surface area contributed by atoms with E-state index >= 15 is 0 Å². The van der Waals surface area contributed by atoms with Crippen LogP contribution in [0.1, 0.15) is 22.2 Å². The number of nitrogens with one attached hydrogen (secondary N) is 1. The van der Waals surface area contributed by atoms with Crippen LogP contribution in [0.15, 0.2) is 35.0 Å². The molecule has 0 spiro atoms. The van der Waals surface area contributed by atoms with E-state index in [1.165, 1.54) is 9.75 Å². The topological polar surface area (TPSA) is 29.1 Å². The first kappa shape index (κ1) is 14.9. The molecule has 2 unspecified atom stereocenters. The second-order valence-corrected chi connectivity index (χ2v) is 8.00. The lowest BCUT2D eigenvalue weighted by Crippen LogP contribution is -2.24. The van der Waals surface area contributed by atoms with Gasteiger partial charge in [0, 0.05) is 45.0 Å². The van der Waals surface area contributed by atoms with Gasteiger partial charge in [-0.3, -0.25) is 4.21 Å². The lowest BCUT2D eigenvalue weighted by atomic mass is 10.1. The maximum absolute atomic E-state index is 11.1. The fourth-order valence-electron chi connectivity index (χ4n) is 1.94. The fraction of sp³-hybridized carbons (Fsp3) is 0.429. The summed E-state index contributed by atoms with van der Waals surface area (Å²) in [6.07, 6.45) is 3.77. The van der Waals surface area contributed by atoms with E-state index in [0.717, 1.165) is 25.1 Å². The highest BCUT2D eigenvalue weighted by molar-refractivity contribution is 7.84. The van der Waals surface area contributed by atoms with Crippen molar-refractivity contribution in [1.29, 1.82) is 0 Å². The van der Waals surface area contributed by atoms with Crippen LogP contribution in [0.3, 0.4) is 0 Å². The Balaban J connectivity index is 1.89. The number of thiophene rings is 2. The second-order valence-electron chi connectivity index (χ2n) is 4.44. The van der Waals surface area contributed by atoms with Gasteiger partial charge >= 0.3 is 0 Å². The molecule has 5 heteroatoms. The Labute approximate surface area is 125 Å². The predicted octanol–water partition coefficient (Wildman–Crippen LogP) is 3.45. The molecule has 0 aromatic carbocycles. The van der Waals surface area contributed by atoms with Crippen molar-refractivity contribution in [2.45, 2.75) is 18.9 Å². The molecule has 0 saturated carbocycles. The highest BCUT2D eigenvalue weighted by Crippen LogP contribution is 2.24. The van der Waals surface area contributed by atoms with Gasteiger partial charge in [0.05, 0.1) is 0 Å². The average Bonchev–Trinajstić information content (AvgIpc) is 3.05. The van der Waals surface area contributed by atoms with Crippen LogP contribution in [0.5, 0.6) is 0 Å². The smallest absolute Gasteiger partial charge is 0.0463 e. The van der Waals surface area contributed by atoms with Crippen molar-refractivity contribution >= 4 is 33.5 Å². The largest absolute Gasteiger partial charge is 0.309 e. The monoisotopic (exact) mass is 313 g/mol. The standard InChI is InChI=1S/C14H19NOS3/c1-19(16)10-4-7-15-13(14-6-3-9-18-14)11-12-5-2-8-17-12/h2-3,5-6,8-9,13,15H,4,7,10-11H2,1H3. The highest BCUT2D eigenvalue weighted by Gasteiger charge is 2.13. The Kier molecular flexibility index (Phi) is 6.23. The van der Waals surface area contributed by atoms with E-state index in [1.807, 2.05) is 11.3 Å². The zero-order valence-electron chi connectivity index (χ0n) is 11.0. The van der Waals surface area contributed by atoms with Crippen molar-refractivity contribution < 1.29 is 4.21 Å². The molecule has 2 aromatic heterocycles. The number of rotatable bonds is 8. The average molecular weight is 314 g/mol. The van der Waals surface area contributed by atoms with E-state index in [1.54, 1.807) is 17.6 Å². The van der Waals surface area contributed by atoms with E-state index in [-0.39, 0.29) is 0 Å². The number of hydrogen-bond acceptors (Lipinski definition) is 4. The van der Waals surface area contributed by atoms with Crippen LogP contribution in [-0.2, 0) is 17.2 Å². The van der Waals surface area contributed by atoms with Crippen LogP contribution in [0.25, 0.3) is 0 Å². The molecule has 2 nitrogen and oxygen atoms in total. The van der Waals surface area contributed by atoms with Crippen LogP contribution < -0.4 is 5.32 Å². The molecular formula is C14H19NOS3. The first-order chi connectivity index (χ1) is 9.25. The first-order valence-corrected chi connectivity index (χ1v) is 9.83. The van der Waals surface area contributed by atoms with Gasteiger partial charge in [-0.15, -0.1) is 22.7 Å². The molecule has 0 radical (unpaired) electrons. The summed E-state index contributed by atoms with van der Waals surface area (Å²) in [7, 11) is -0.684. The van der Waals surface area contributed by atoms with Crippen LogP contribution in [-0.4, -0.2) is 22.8 Å². The van der Waals surface area contributed by atoms with Crippen LogP contribution in [0.2, 0.25) is 0 Å². The summed E-state index contributed by atoms with van der Waals surface area (Å²) in [5.41, 5.74) is 0. The summed E-state index contributed by atoms with van der Waals surface area (Å²) >= 11 is 3.61. The summed E-state index contributed by atoms with van der Waals surface area (Å²) in [6, 6.07) is 8.96. The minimum absolute atomic E-state index is 0.379. The molecule has 0 aliphatic heterocycles. The molecular weight excluding hydrogens is 294 g/mol. The van der Waals surface area contributed by atoms with E-state index in [2.05, 4.69) is 40.3 Å². The molecule has 19 heavy (non-hydrogen) atoms. The van der Waals surface area contributed by atoms with Crippen molar-refractivity contribution in [3.05, 3.63) is 44.8 Å². The van der Waals surface area contributed by atoms with Crippen LogP contribution in [0.4, 0.5) is 0 Å². The molecule has 2 rings (SSSR count). The lowest BCUT2D eigenvalue weighted by Gasteiger charge is -2.16. The van der Waals surface area contributed by atoms with Gasteiger partial charge in [-0.25, -0.2) is 0 Å². The van der Waals surface area contributed by atoms with E-state index in [4.69, 9.17) is 0 Å². The van der Waals surface area contributed by atoms with E-state index in [0.29, 0.717) is 6.04 Å². The maximum atomic E-state index is 11.1. The zero-order valence-corrected chi connectivity index (χ0v) is 13.5. The summed E-state index contributed by atoms with van der Waals surface area (Å²) in [5.74, 6) is 0.781. The normalized spacial score (nSPS) is 14.4. The zero-order chi connectivity index (χ0) is 13.5. The number of hydrogen-bond donors (Lipinski definition) is 1. The third kappa shape index (κ3) is 5.18. The maximum Gasteiger partial charge on any atom is 0.0463 e. The van der Waals surface area contributed by atoms with Crippen molar-refractivity contribution in [3.8, 4) is 0 Å². The van der Waals surface area contributed by atoms with Gasteiger partial charge in [0.15, 0.2) is 0 Å². The molecule has 2 aromatic rings. The Hall–Kier alpha value is -0.490. The van der Waals surface area contributed by atoms with E-state index in [9.17, 15) is 4.21 Å². The second kappa shape index (κ2) is 7.94. The van der Waals surface area contributed by atoms with Crippen LogP contribution in [0, 0.1) is 0 Å². The molecule has 1 N–H and O–H groups in total. The minimum atomic E-state index is -0.684. The van der Waals surface area contributed by atoms with E-state index < -0.39 is 10.8 Å². The Morgan fingerprint density at radius 1 is 1.26 bits per heavy atom.